The standard InChI is InChI=1S/C18H19N3O2S2/c22-14(16-8-4-12-24-16)6-3-9-17(23)19-10-11-20-18-21-13-5-1-2-7-15(13)25-18/h1-2,4-5,7-8,12H,3,6,9-11H2,(H,19,23)(H,20,21). The number of Topliss-reactive ketones (excluding diaryl/α,β-unsaturated/α-hetero) is 1. The highest BCUT2D eigenvalue weighted by Gasteiger charge is 2.08. The molecule has 0 aliphatic heterocycles. The first kappa shape index (κ1) is 17.6. The lowest BCUT2D eigenvalue weighted by Gasteiger charge is -2.05. The highest BCUT2D eigenvalue weighted by molar-refractivity contribution is 7.22. The van der Waals surface area contributed by atoms with Crippen molar-refractivity contribution in [3.05, 3.63) is 46.7 Å². The SMILES string of the molecule is O=C(CCCC(=O)c1cccs1)NCCNc1nc2ccccc2s1. The van der Waals surface area contributed by atoms with Gasteiger partial charge in [0, 0.05) is 25.9 Å². The van der Waals surface area contributed by atoms with E-state index >= 15 is 0 Å². The lowest BCUT2D eigenvalue weighted by atomic mass is 10.1. The summed E-state index contributed by atoms with van der Waals surface area (Å²) >= 11 is 3.04. The van der Waals surface area contributed by atoms with Gasteiger partial charge in [-0.25, -0.2) is 4.98 Å². The summed E-state index contributed by atoms with van der Waals surface area (Å²) in [5.41, 5.74) is 0.981. The fraction of sp³-hybridized carbons (Fsp3) is 0.278. The van der Waals surface area contributed by atoms with E-state index in [-0.39, 0.29) is 11.7 Å². The van der Waals surface area contributed by atoms with Crippen molar-refractivity contribution in [2.75, 3.05) is 18.4 Å². The second kappa shape index (κ2) is 8.73. The maximum Gasteiger partial charge on any atom is 0.220 e. The molecule has 0 fully saturated rings. The van der Waals surface area contributed by atoms with Crippen LogP contribution in [0.4, 0.5) is 5.13 Å². The Kier molecular flexibility index (Phi) is 6.14. The zero-order valence-corrected chi connectivity index (χ0v) is 15.3. The molecule has 0 saturated heterocycles. The minimum Gasteiger partial charge on any atom is -0.360 e. The van der Waals surface area contributed by atoms with Crippen molar-refractivity contribution in [3.8, 4) is 0 Å². The van der Waals surface area contributed by atoms with Crippen LogP contribution < -0.4 is 10.6 Å². The quantitative estimate of drug-likeness (QED) is 0.440. The van der Waals surface area contributed by atoms with Gasteiger partial charge in [0.25, 0.3) is 0 Å². The Labute approximate surface area is 154 Å². The number of hydrogen-bond acceptors (Lipinski definition) is 6. The number of nitrogens with zero attached hydrogens (tertiary/aromatic N) is 1. The minimum atomic E-state index is -0.0231. The van der Waals surface area contributed by atoms with Crippen LogP contribution in [0.5, 0.6) is 0 Å². The van der Waals surface area contributed by atoms with Crippen LogP contribution in [-0.4, -0.2) is 29.8 Å². The lowest BCUT2D eigenvalue weighted by Crippen LogP contribution is -2.28. The Morgan fingerprint density at radius 1 is 1.04 bits per heavy atom. The van der Waals surface area contributed by atoms with Crippen LogP contribution >= 0.6 is 22.7 Å². The van der Waals surface area contributed by atoms with Gasteiger partial charge in [-0.05, 0) is 30.0 Å². The predicted molar refractivity (Wildman–Crippen MR) is 104 cm³/mol. The van der Waals surface area contributed by atoms with E-state index in [1.165, 1.54) is 11.3 Å². The molecule has 130 valence electrons. The van der Waals surface area contributed by atoms with Gasteiger partial charge in [-0.3, -0.25) is 9.59 Å². The molecule has 0 radical (unpaired) electrons. The van der Waals surface area contributed by atoms with Crippen molar-refractivity contribution in [1.82, 2.24) is 10.3 Å². The Balaban J connectivity index is 1.30. The molecule has 7 heteroatoms. The van der Waals surface area contributed by atoms with Crippen LogP contribution in [0.25, 0.3) is 10.2 Å². The van der Waals surface area contributed by atoms with Gasteiger partial charge in [-0.15, -0.1) is 11.3 Å². The summed E-state index contributed by atoms with van der Waals surface area (Å²) in [6.45, 7) is 1.16. The molecule has 2 aromatic heterocycles. The number of fused-ring (bicyclic) bond motifs is 1. The van der Waals surface area contributed by atoms with E-state index in [0.29, 0.717) is 32.4 Å². The highest BCUT2D eigenvalue weighted by atomic mass is 32.1. The molecule has 0 saturated carbocycles. The van der Waals surface area contributed by atoms with E-state index < -0.39 is 0 Å². The average Bonchev–Trinajstić information content (AvgIpc) is 3.27. The largest absolute Gasteiger partial charge is 0.360 e. The monoisotopic (exact) mass is 373 g/mol. The highest BCUT2D eigenvalue weighted by Crippen LogP contribution is 2.24. The normalized spacial score (nSPS) is 10.7. The van der Waals surface area contributed by atoms with Crippen molar-refractivity contribution < 1.29 is 9.59 Å². The molecule has 0 bridgehead atoms. The van der Waals surface area contributed by atoms with Crippen LogP contribution in [0.15, 0.2) is 41.8 Å². The molecule has 0 atom stereocenters. The van der Waals surface area contributed by atoms with Gasteiger partial charge in [-0.1, -0.05) is 29.5 Å². The first-order valence-electron chi connectivity index (χ1n) is 8.15. The molecule has 0 spiro atoms. The Morgan fingerprint density at radius 2 is 1.92 bits per heavy atom. The summed E-state index contributed by atoms with van der Waals surface area (Å²) in [6.07, 6.45) is 1.37. The van der Waals surface area contributed by atoms with Gasteiger partial charge in [0.1, 0.15) is 0 Å². The van der Waals surface area contributed by atoms with Crippen molar-refractivity contribution >= 4 is 49.7 Å². The third kappa shape index (κ3) is 5.11. The van der Waals surface area contributed by atoms with Gasteiger partial charge in [0.15, 0.2) is 10.9 Å². The molecule has 3 aromatic rings. The van der Waals surface area contributed by atoms with Crippen LogP contribution in [0.3, 0.4) is 0 Å². The fourth-order valence-corrected chi connectivity index (χ4v) is 3.96. The summed E-state index contributed by atoms with van der Waals surface area (Å²) in [6, 6.07) is 11.7. The summed E-state index contributed by atoms with van der Waals surface area (Å²) in [5.74, 6) is 0.0883. The molecule has 2 heterocycles. The molecule has 5 nitrogen and oxygen atoms in total. The number of thiazole rings is 1. The second-order valence-corrected chi connectivity index (χ2v) is 7.50. The van der Waals surface area contributed by atoms with Crippen LogP contribution in [0.2, 0.25) is 0 Å². The number of rotatable bonds is 9. The molecule has 0 aliphatic rings. The lowest BCUT2D eigenvalue weighted by molar-refractivity contribution is -0.121. The first-order valence-corrected chi connectivity index (χ1v) is 9.85. The molecular weight excluding hydrogens is 354 g/mol. The van der Waals surface area contributed by atoms with Crippen molar-refractivity contribution in [1.29, 1.82) is 0 Å². The van der Waals surface area contributed by atoms with E-state index in [0.717, 1.165) is 20.2 Å². The predicted octanol–water partition coefficient (Wildman–Crippen LogP) is 3.94. The maximum atomic E-state index is 11.8. The number of para-hydroxylation sites is 1. The smallest absolute Gasteiger partial charge is 0.220 e. The third-order valence-corrected chi connectivity index (χ3v) is 5.53. The van der Waals surface area contributed by atoms with Crippen LogP contribution in [-0.2, 0) is 4.79 Å². The number of carbonyl (C=O) groups excluding carboxylic acids is 2. The number of ketones is 1. The fourth-order valence-electron chi connectivity index (χ4n) is 2.38. The molecule has 2 N–H and O–H groups in total. The number of nitrogens with one attached hydrogen (secondary N) is 2. The van der Waals surface area contributed by atoms with E-state index in [1.807, 2.05) is 41.8 Å². The van der Waals surface area contributed by atoms with E-state index in [2.05, 4.69) is 15.6 Å². The second-order valence-electron chi connectivity index (χ2n) is 5.52. The average molecular weight is 374 g/mol. The number of thiophene rings is 1. The van der Waals surface area contributed by atoms with Gasteiger partial charge in [0.2, 0.25) is 5.91 Å². The van der Waals surface area contributed by atoms with Crippen LogP contribution in [0, 0.1) is 0 Å². The zero-order chi connectivity index (χ0) is 17.5. The summed E-state index contributed by atoms with van der Waals surface area (Å²) in [5, 5.41) is 8.83. The van der Waals surface area contributed by atoms with Gasteiger partial charge >= 0.3 is 0 Å². The molecule has 25 heavy (non-hydrogen) atoms. The van der Waals surface area contributed by atoms with E-state index in [1.54, 1.807) is 11.3 Å². The molecule has 1 amide bonds. The molecular formula is C18H19N3O2S2. The Morgan fingerprint density at radius 3 is 2.72 bits per heavy atom. The van der Waals surface area contributed by atoms with Crippen LogP contribution in [0.1, 0.15) is 28.9 Å². The Hall–Kier alpha value is -2.25. The molecule has 1 aromatic carbocycles. The van der Waals surface area contributed by atoms with Crippen molar-refractivity contribution in [2.45, 2.75) is 19.3 Å². The van der Waals surface area contributed by atoms with E-state index in [9.17, 15) is 9.59 Å². The summed E-state index contributed by atoms with van der Waals surface area (Å²) < 4.78 is 1.14. The minimum absolute atomic E-state index is 0.0231. The summed E-state index contributed by atoms with van der Waals surface area (Å²) in [7, 11) is 0. The van der Waals surface area contributed by atoms with Gasteiger partial charge in [-0.2, -0.15) is 0 Å². The number of benzene rings is 1. The number of amides is 1. The van der Waals surface area contributed by atoms with Crippen molar-refractivity contribution in [2.24, 2.45) is 0 Å². The first-order chi connectivity index (χ1) is 12.2. The zero-order valence-electron chi connectivity index (χ0n) is 13.7. The number of aromatic nitrogens is 1. The molecule has 0 aliphatic carbocycles. The number of hydrogen-bond donors (Lipinski definition) is 2. The van der Waals surface area contributed by atoms with Crippen molar-refractivity contribution in [3.63, 3.8) is 0 Å². The van der Waals surface area contributed by atoms with Gasteiger partial charge in [0.05, 0.1) is 15.1 Å². The topological polar surface area (TPSA) is 71.1 Å². The molecule has 0 unspecified atom stereocenters. The number of carbonyl (C=O) groups is 2. The van der Waals surface area contributed by atoms with Gasteiger partial charge < -0.3 is 10.6 Å². The maximum absolute atomic E-state index is 11.8. The van der Waals surface area contributed by atoms with E-state index in [4.69, 9.17) is 0 Å². The Bertz CT molecular complexity index is 810. The molecule has 3 rings (SSSR count). The third-order valence-electron chi connectivity index (χ3n) is 3.62. The summed E-state index contributed by atoms with van der Waals surface area (Å²) in [4.78, 5) is 28.9. The number of anilines is 1.